The van der Waals surface area contributed by atoms with Crippen molar-refractivity contribution in [3.05, 3.63) is 0 Å². The van der Waals surface area contributed by atoms with Gasteiger partial charge >= 0.3 is 11.9 Å². The zero-order valence-corrected chi connectivity index (χ0v) is 17.9. The summed E-state index contributed by atoms with van der Waals surface area (Å²) in [6.07, 6.45) is 4.21. The Labute approximate surface area is 169 Å². The lowest BCUT2D eigenvalue weighted by Gasteiger charge is -2.28. The number of hydrogen-bond acceptors (Lipinski definition) is 7. The second-order valence-corrected chi connectivity index (χ2v) is 7.58. The minimum atomic E-state index is -0.843. The van der Waals surface area contributed by atoms with E-state index in [1.54, 1.807) is 13.8 Å². The SMILES string of the molecule is CCCCOC(=O)CCC(N)C(=O)C(C)(C)NCCCCC(NCC)C(=O)O. The van der Waals surface area contributed by atoms with Crippen molar-refractivity contribution in [1.82, 2.24) is 10.6 Å². The van der Waals surface area contributed by atoms with E-state index in [-0.39, 0.29) is 24.6 Å². The third-order valence-corrected chi connectivity index (χ3v) is 4.61. The monoisotopic (exact) mass is 401 g/mol. The molecule has 0 aliphatic heterocycles. The predicted molar refractivity (Wildman–Crippen MR) is 109 cm³/mol. The van der Waals surface area contributed by atoms with Crippen molar-refractivity contribution in [2.75, 3.05) is 19.7 Å². The van der Waals surface area contributed by atoms with Gasteiger partial charge in [0, 0.05) is 6.42 Å². The molecule has 0 aromatic heterocycles. The highest BCUT2D eigenvalue weighted by Crippen LogP contribution is 2.11. The van der Waals surface area contributed by atoms with Crippen molar-refractivity contribution in [3.63, 3.8) is 0 Å². The largest absolute Gasteiger partial charge is 0.480 e. The smallest absolute Gasteiger partial charge is 0.320 e. The van der Waals surface area contributed by atoms with Crippen LogP contribution < -0.4 is 16.4 Å². The topological polar surface area (TPSA) is 131 Å². The van der Waals surface area contributed by atoms with E-state index in [4.69, 9.17) is 15.6 Å². The Hall–Kier alpha value is -1.51. The molecule has 8 nitrogen and oxygen atoms in total. The number of carboxylic acids is 1. The molecule has 0 saturated carbocycles. The van der Waals surface area contributed by atoms with Gasteiger partial charge in [0.15, 0.2) is 5.78 Å². The quantitative estimate of drug-likeness (QED) is 0.214. The lowest BCUT2D eigenvalue weighted by atomic mass is 9.91. The average molecular weight is 402 g/mol. The van der Waals surface area contributed by atoms with E-state index in [0.717, 1.165) is 25.7 Å². The molecule has 8 heteroatoms. The summed E-state index contributed by atoms with van der Waals surface area (Å²) in [5, 5.41) is 15.2. The molecule has 2 atom stereocenters. The molecule has 0 rings (SSSR count). The van der Waals surface area contributed by atoms with Gasteiger partial charge in [0.2, 0.25) is 0 Å². The van der Waals surface area contributed by atoms with E-state index in [1.807, 2.05) is 13.8 Å². The van der Waals surface area contributed by atoms with Gasteiger partial charge in [-0.2, -0.15) is 0 Å². The van der Waals surface area contributed by atoms with Crippen LogP contribution in [0.2, 0.25) is 0 Å². The van der Waals surface area contributed by atoms with Crippen LogP contribution in [0.3, 0.4) is 0 Å². The number of carbonyl (C=O) groups is 3. The number of carboxylic acid groups (broad SMARTS) is 1. The summed E-state index contributed by atoms with van der Waals surface area (Å²) in [5.41, 5.74) is 5.17. The van der Waals surface area contributed by atoms with Crippen LogP contribution in [0, 0.1) is 0 Å². The molecule has 0 saturated heterocycles. The van der Waals surface area contributed by atoms with Gasteiger partial charge in [-0.25, -0.2) is 0 Å². The molecule has 0 aromatic carbocycles. The molecule has 0 radical (unpaired) electrons. The van der Waals surface area contributed by atoms with Crippen LogP contribution >= 0.6 is 0 Å². The van der Waals surface area contributed by atoms with Crippen molar-refractivity contribution in [2.24, 2.45) is 5.73 Å². The number of nitrogens with two attached hydrogens (primary N) is 1. The molecule has 2 unspecified atom stereocenters. The molecule has 0 fully saturated rings. The van der Waals surface area contributed by atoms with Crippen LogP contribution in [0.25, 0.3) is 0 Å². The Kier molecular flexibility index (Phi) is 13.7. The van der Waals surface area contributed by atoms with Gasteiger partial charge in [-0.1, -0.05) is 26.7 Å². The molecule has 164 valence electrons. The summed E-state index contributed by atoms with van der Waals surface area (Å²) in [4.78, 5) is 35.3. The summed E-state index contributed by atoms with van der Waals surface area (Å²) in [5.74, 6) is -1.31. The number of carbonyl (C=O) groups excluding carboxylic acids is 2. The predicted octanol–water partition coefficient (Wildman–Crippen LogP) is 1.61. The first-order chi connectivity index (χ1) is 13.2. The van der Waals surface area contributed by atoms with Gasteiger partial charge < -0.3 is 26.2 Å². The Balaban J connectivity index is 4.18. The van der Waals surface area contributed by atoms with E-state index >= 15 is 0 Å². The number of esters is 1. The van der Waals surface area contributed by atoms with Gasteiger partial charge in [0.25, 0.3) is 0 Å². The standard InChI is InChI=1S/C20H39N3O5/c1-5-7-14-28-17(24)12-11-15(21)18(25)20(3,4)23-13-9-8-10-16(19(26)27)22-6-2/h15-16,22-23H,5-14,21H2,1-4H3,(H,26,27). The number of likely N-dealkylation sites (N-methyl/N-ethyl adjacent to an activating group) is 1. The fraction of sp³-hybridized carbons (Fsp3) is 0.850. The number of Topliss-reactive ketones (excluding diaryl/α,β-unsaturated/α-hetero) is 1. The fourth-order valence-electron chi connectivity index (χ4n) is 2.79. The van der Waals surface area contributed by atoms with E-state index in [0.29, 0.717) is 26.1 Å². The Morgan fingerprint density at radius 1 is 1.11 bits per heavy atom. The van der Waals surface area contributed by atoms with Crippen LogP contribution in [0.15, 0.2) is 0 Å². The highest BCUT2D eigenvalue weighted by Gasteiger charge is 2.31. The number of rotatable bonds is 17. The summed E-state index contributed by atoms with van der Waals surface area (Å²) in [6.45, 7) is 9.04. The summed E-state index contributed by atoms with van der Waals surface area (Å²) in [6, 6.07) is -1.27. The Bertz CT molecular complexity index is 482. The number of nitrogens with one attached hydrogen (secondary N) is 2. The Morgan fingerprint density at radius 2 is 1.79 bits per heavy atom. The number of ketones is 1. The number of aliphatic carboxylic acids is 1. The summed E-state index contributed by atoms with van der Waals surface area (Å²) >= 11 is 0. The molecular weight excluding hydrogens is 362 g/mol. The molecule has 28 heavy (non-hydrogen) atoms. The molecular formula is C20H39N3O5. The van der Waals surface area contributed by atoms with Crippen molar-refractivity contribution in [1.29, 1.82) is 0 Å². The van der Waals surface area contributed by atoms with Gasteiger partial charge in [-0.15, -0.1) is 0 Å². The lowest BCUT2D eigenvalue weighted by molar-refractivity contribution is -0.144. The number of unbranched alkanes of at least 4 members (excludes halogenated alkanes) is 2. The van der Waals surface area contributed by atoms with Crippen molar-refractivity contribution in [3.8, 4) is 0 Å². The average Bonchev–Trinajstić information content (AvgIpc) is 2.64. The molecule has 0 spiro atoms. The second-order valence-electron chi connectivity index (χ2n) is 7.58. The van der Waals surface area contributed by atoms with Gasteiger partial charge in [-0.05, 0) is 52.6 Å². The molecule has 0 aliphatic carbocycles. The van der Waals surface area contributed by atoms with Crippen molar-refractivity contribution >= 4 is 17.7 Å². The van der Waals surface area contributed by atoms with Crippen LogP contribution in [-0.2, 0) is 19.1 Å². The van der Waals surface area contributed by atoms with Crippen LogP contribution in [-0.4, -0.2) is 60.1 Å². The number of hydrogen-bond donors (Lipinski definition) is 4. The summed E-state index contributed by atoms with van der Waals surface area (Å²) < 4.78 is 5.08. The maximum Gasteiger partial charge on any atom is 0.320 e. The second kappa shape index (κ2) is 14.5. The van der Waals surface area contributed by atoms with Crippen LogP contribution in [0.1, 0.15) is 72.6 Å². The van der Waals surface area contributed by atoms with Gasteiger partial charge in [0.05, 0.1) is 18.2 Å². The maximum absolute atomic E-state index is 12.6. The summed E-state index contributed by atoms with van der Waals surface area (Å²) in [7, 11) is 0. The number of ether oxygens (including phenoxy) is 1. The fourth-order valence-corrected chi connectivity index (χ4v) is 2.79. The van der Waals surface area contributed by atoms with Crippen molar-refractivity contribution < 1.29 is 24.2 Å². The van der Waals surface area contributed by atoms with Crippen LogP contribution in [0.4, 0.5) is 0 Å². The molecule has 5 N–H and O–H groups in total. The van der Waals surface area contributed by atoms with E-state index in [9.17, 15) is 14.4 Å². The first-order valence-electron chi connectivity index (χ1n) is 10.3. The molecule has 0 amide bonds. The van der Waals surface area contributed by atoms with E-state index in [2.05, 4.69) is 10.6 Å². The molecule has 0 aliphatic rings. The first-order valence-corrected chi connectivity index (χ1v) is 10.3. The minimum absolute atomic E-state index is 0.133. The minimum Gasteiger partial charge on any atom is -0.480 e. The van der Waals surface area contributed by atoms with Crippen LogP contribution in [0.5, 0.6) is 0 Å². The molecule has 0 bridgehead atoms. The van der Waals surface area contributed by atoms with Gasteiger partial charge in [0.1, 0.15) is 6.04 Å². The molecule has 0 aromatic rings. The van der Waals surface area contributed by atoms with E-state index in [1.165, 1.54) is 0 Å². The first kappa shape index (κ1) is 26.5. The third kappa shape index (κ3) is 11.4. The highest BCUT2D eigenvalue weighted by atomic mass is 16.5. The van der Waals surface area contributed by atoms with Gasteiger partial charge in [-0.3, -0.25) is 14.4 Å². The Morgan fingerprint density at radius 3 is 2.36 bits per heavy atom. The highest BCUT2D eigenvalue weighted by molar-refractivity contribution is 5.92. The lowest BCUT2D eigenvalue weighted by Crippen LogP contribution is -2.54. The van der Waals surface area contributed by atoms with Crippen molar-refractivity contribution in [2.45, 2.75) is 90.3 Å². The molecule has 0 heterocycles. The normalized spacial score (nSPS) is 13.8. The van der Waals surface area contributed by atoms with E-state index < -0.39 is 23.6 Å². The zero-order chi connectivity index (χ0) is 21.6. The third-order valence-electron chi connectivity index (χ3n) is 4.61. The maximum atomic E-state index is 12.6. The zero-order valence-electron chi connectivity index (χ0n) is 17.9.